The second-order valence-corrected chi connectivity index (χ2v) is 9.32. The minimum atomic E-state index is -3.12. The lowest BCUT2D eigenvalue weighted by atomic mass is 9.97. The molecule has 186 valence electrons. The van der Waals surface area contributed by atoms with Crippen molar-refractivity contribution >= 4 is 16.9 Å². The van der Waals surface area contributed by atoms with E-state index in [1.807, 2.05) is 15.5 Å². The molecule has 0 aliphatic carbocycles. The summed E-state index contributed by atoms with van der Waals surface area (Å²) in [5.74, 6) is 5.68. The number of imidazole rings is 1. The molecule has 6 nitrogen and oxygen atoms in total. The Morgan fingerprint density at radius 1 is 1.28 bits per heavy atom. The van der Waals surface area contributed by atoms with E-state index in [0.29, 0.717) is 48.4 Å². The second kappa shape index (κ2) is 8.86. The fourth-order valence-corrected chi connectivity index (χ4v) is 5.55. The predicted octanol–water partition coefficient (Wildman–Crippen LogP) is 4.54. The van der Waals surface area contributed by atoms with Gasteiger partial charge >= 0.3 is 6.61 Å². The standard InChI is InChI=1S/C27H25F3N4O2/c1-32-22-14-21(24-18(26(32)35)6-4-7-23(24)36-27(29)30)34-20-13-16(8-9-19(20)31-25(22)34)5-2-3-11-33-12-10-17(28)15-33/h4,6-9,13,17,21-22,27H,3,10-12,14-15H2,1H3/t17-,21+,22+/m0/s1/i1D3. The van der Waals surface area contributed by atoms with E-state index in [-0.39, 0.29) is 23.3 Å². The lowest BCUT2D eigenvalue weighted by Crippen LogP contribution is -2.30. The van der Waals surface area contributed by atoms with Gasteiger partial charge in [0, 0.05) is 60.3 Å². The zero-order valence-electron chi connectivity index (χ0n) is 22.3. The molecule has 3 aliphatic rings. The van der Waals surface area contributed by atoms with E-state index in [1.165, 1.54) is 18.2 Å². The van der Waals surface area contributed by atoms with Crippen molar-refractivity contribution < 1.29 is 26.8 Å². The number of nitrogens with zero attached hydrogens (tertiary/aromatic N) is 4. The zero-order valence-corrected chi connectivity index (χ0v) is 19.3. The average Bonchev–Trinajstić information content (AvgIpc) is 3.52. The number of hydrogen-bond acceptors (Lipinski definition) is 4. The summed E-state index contributed by atoms with van der Waals surface area (Å²) in [6.07, 6.45) is 0.509. The number of carbonyl (C=O) groups is 1. The number of benzene rings is 2. The predicted molar refractivity (Wildman–Crippen MR) is 128 cm³/mol. The van der Waals surface area contributed by atoms with Crippen LogP contribution in [-0.4, -0.2) is 64.7 Å². The van der Waals surface area contributed by atoms with Gasteiger partial charge in [-0.2, -0.15) is 8.78 Å². The molecule has 1 aromatic heterocycles. The number of likely N-dealkylation sites (tertiary alicyclic amines) is 1. The number of fused-ring (bicyclic) bond motifs is 9. The van der Waals surface area contributed by atoms with Crippen molar-refractivity contribution in [2.45, 2.75) is 44.1 Å². The molecule has 9 heteroatoms. The summed E-state index contributed by atoms with van der Waals surface area (Å²) < 4.78 is 71.0. The second-order valence-electron chi connectivity index (χ2n) is 9.32. The molecule has 6 rings (SSSR count). The van der Waals surface area contributed by atoms with Gasteiger partial charge in [0.1, 0.15) is 17.7 Å². The molecule has 36 heavy (non-hydrogen) atoms. The van der Waals surface area contributed by atoms with Gasteiger partial charge in [-0.25, -0.2) is 9.37 Å². The number of rotatable bonds is 4. The Labute approximate surface area is 210 Å². The number of ether oxygens (including phenoxy) is 1. The van der Waals surface area contributed by atoms with Crippen LogP contribution in [0.3, 0.4) is 0 Å². The molecule has 1 fully saturated rings. The fourth-order valence-electron chi connectivity index (χ4n) is 5.55. The van der Waals surface area contributed by atoms with Crippen molar-refractivity contribution in [3.63, 3.8) is 0 Å². The summed E-state index contributed by atoms with van der Waals surface area (Å²) in [5, 5.41) is 0. The van der Waals surface area contributed by atoms with Gasteiger partial charge in [-0.1, -0.05) is 17.9 Å². The highest BCUT2D eigenvalue weighted by Gasteiger charge is 2.45. The van der Waals surface area contributed by atoms with E-state index in [4.69, 9.17) is 8.85 Å². The molecule has 0 radical (unpaired) electrons. The van der Waals surface area contributed by atoms with E-state index in [1.54, 1.807) is 12.1 Å². The van der Waals surface area contributed by atoms with Crippen molar-refractivity contribution in [3.05, 3.63) is 58.9 Å². The summed E-state index contributed by atoms with van der Waals surface area (Å²) >= 11 is 0. The lowest BCUT2D eigenvalue weighted by molar-refractivity contribution is -0.0507. The SMILES string of the molecule is [2H]C([2H])([2H])N1C(=O)c2cccc(OC(F)F)c2[C@H]2C[C@@H]1c1nc3ccc(C#CCCN4CC[C@H](F)C4)cc3n12. The Bertz CT molecular complexity index is 1510. The monoisotopic (exact) mass is 497 g/mol. The van der Waals surface area contributed by atoms with Crippen LogP contribution in [0.15, 0.2) is 36.4 Å². The Hall–Kier alpha value is -3.51. The first-order valence-electron chi connectivity index (χ1n) is 13.4. The van der Waals surface area contributed by atoms with Crippen LogP contribution in [0.5, 0.6) is 5.75 Å². The number of halogens is 3. The van der Waals surface area contributed by atoms with Gasteiger partial charge in [0.2, 0.25) is 0 Å². The first-order chi connectivity index (χ1) is 18.6. The number of aromatic nitrogens is 2. The van der Waals surface area contributed by atoms with Crippen LogP contribution in [-0.2, 0) is 0 Å². The molecule has 0 saturated carbocycles. The van der Waals surface area contributed by atoms with Crippen LogP contribution in [0.1, 0.15) is 62.8 Å². The fraction of sp³-hybridized carbons (Fsp3) is 0.407. The summed E-state index contributed by atoms with van der Waals surface area (Å²) in [5.41, 5.74) is 2.16. The van der Waals surface area contributed by atoms with Gasteiger partial charge in [0.25, 0.3) is 5.91 Å². The molecule has 4 heterocycles. The molecule has 0 unspecified atom stereocenters. The van der Waals surface area contributed by atoms with Crippen LogP contribution in [0.4, 0.5) is 13.2 Å². The van der Waals surface area contributed by atoms with Gasteiger partial charge in [0.05, 0.1) is 23.1 Å². The topological polar surface area (TPSA) is 50.6 Å². The van der Waals surface area contributed by atoms with Crippen molar-refractivity contribution in [3.8, 4) is 17.6 Å². The van der Waals surface area contributed by atoms with Gasteiger partial charge in [0.15, 0.2) is 0 Å². The van der Waals surface area contributed by atoms with Crippen molar-refractivity contribution in [2.24, 2.45) is 0 Å². The largest absolute Gasteiger partial charge is 0.434 e. The number of alkyl halides is 3. The third kappa shape index (κ3) is 3.80. The summed E-state index contributed by atoms with van der Waals surface area (Å²) in [7, 11) is 0. The van der Waals surface area contributed by atoms with E-state index < -0.39 is 37.7 Å². The maximum Gasteiger partial charge on any atom is 0.387 e. The molecular formula is C27H25F3N4O2. The van der Waals surface area contributed by atoms with Gasteiger partial charge < -0.3 is 14.2 Å². The molecule has 3 aliphatic heterocycles. The Morgan fingerprint density at radius 2 is 2.17 bits per heavy atom. The first-order valence-corrected chi connectivity index (χ1v) is 11.9. The molecule has 1 saturated heterocycles. The van der Waals surface area contributed by atoms with Crippen LogP contribution in [0.2, 0.25) is 0 Å². The van der Waals surface area contributed by atoms with E-state index in [2.05, 4.69) is 16.8 Å². The average molecular weight is 498 g/mol. The van der Waals surface area contributed by atoms with Gasteiger partial charge in [-0.15, -0.1) is 0 Å². The number of carbonyl (C=O) groups excluding carboxylic acids is 1. The maximum absolute atomic E-state index is 13.5. The third-order valence-corrected chi connectivity index (χ3v) is 7.15. The minimum absolute atomic E-state index is 0.0117. The van der Waals surface area contributed by atoms with Crippen LogP contribution >= 0.6 is 0 Å². The Balaban J connectivity index is 1.43. The highest BCUT2D eigenvalue weighted by molar-refractivity contribution is 5.97. The van der Waals surface area contributed by atoms with E-state index in [9.17, 15) is 18.0 Å². The third-order valence-electron chi connectivity index (χ3n) is 7.15. The summed E-state index contributed by atoms with van der Waals surface area (Å²) in [6, 6.07) is 8.08. The number of hydrogen-bond donors (Lipinski definition) is 0. The van der Waals surface area contributed by atoms with Crippen molar-refractivity contribution in [2.75, 3.05) is 26.6 Å². The molecule has 3 aromatic rings. The van der Waals surface area contributed by atoms with Crippen LogP contribution in [0, 0.1) is 11.8 Å². The molecule has 0 N–H and O–H groups in total. The van der Waals surface area contributed by atoms with E-state index in [0.717, 1.165) is 11.4 Å². The van der Waals surface area contributed by atoms with Crippen LogP contribution in [0.25, 0.3) is 11.0 Å². The molecule has 3 atom stereocenters. The Kier molecular flexibility index (Phi) is 4.84. The van der Waals surface area contributed by atoms with Gasteiger partial charge in [-0.3, -0.25) is 9.69 Å². The highest BCUT2D eigenvalue weighted by atomic mass is 19.3. The minimum Gasteiger partial charge on any atom is -0.434 e. The molecule has 2 bridgehead atoms. The molecule has 2 aromatic carbocycles. The highest BCUT2D eigenvalue weighted by Crippen LogP contribution is 2.49. The molecular weight excluding hydrogens is 469 g/mol. The summed E-state index contributed by atoms with van der Waals surface area (Å²) in [6.45, 7) is -4.05. The zero-order chi connectivity index (χ0) is 27.5. The van der Waals surface area contributed by atoms with Crippen molar-refractivity contribution in [1.29, 1.82) is 0 Å². The molecule has 0 spiro atoms. The maximum atomic E-state index is 13.5. The Morgan fingerprint density at radius 3 is 2.94 bits per heavy atom. The first kappa shape index (κ1) is 19.7. The van der Waals surface area contributed by atoms with Crippen LogP contribution < -0.4 is 4.74 Å². The van der Waals surface area contributed by atoms with E-state index >= 15 is 0 Å². The molecule has 1 amide bonds. The van der Waals surface area contributed by atoms with Gasteiger partial charge in [-0.05, 0) is 36.8 Å². The smallest absolute Gasteiger partial charge is 0.387 e. The van der Waals surface area contributed by atoms with Crippen molar-refractivity contribution in [1.82, 2.24) is 19.4 Å². The lowest BCUT2D eigenvalue weighted by Gasteiger charge is -2.24. The quantitative estimate of drug-likeness (QED) is 0.497. The number of amides is 1. The normalized spacial score (nSPS) is 24.6. The summed E-state index contributed by atoms with van der Waals surface area (Å²) in [4.78, 5) is 21.0.